The number of benzene rings is 2. The first-order chi connectivity index (χ1) is 15.6. The molecule has 4 rings (SSSR count). The van der Waals surface area contributed by atoms with Crippen molar-refractivity contribution in [3.63, 3.8) is 0 Å². The fourth-order valence-corrected chi connectivity index (χ4v) is 4.06. The molecule has 1 saturated heterocycles. The summed E-state index contributed by atoms with van der Waals surface area (Å²) < 4.78 is 10.4. The summed E-state index contributed by atoms with van der Waals surface area (Å²) in [5, 5.41) is 3.43. The Hall–Kier alpha value is -3.32. The second-order valence-electron chi connectivity index (χ2n) is 7.59. The van der Waals surface area contributed by atoms with Gasteiger partial charge in [0, 0.05) is 36.3 Å². The van der Waals surface area contributed by atoms with E-state index in [9.17, 15) is 4.79 Å². The minimum atomic E-state index is -0.0602. The van der Waals surface area contributed by atoms with E-state index >= 15 is 0 Å². The Morgan fingerprint density at radius 1 is 1.03 bits per heavy atom. The van der Waals surface area contributed by atoms with Crippen LogP contribution in [0.15, 0.2) is 54.9 Å². The molecular weight excluding hydrogens is 428 g/mol. The molecule has 0 spiro atoms. The van der Waals surface area contributed by atoms with Gasteiger partial charge in [0.05, 0.1) is 24.9 Å². The summed E-state index contributed by atoms with van der Waals surface area (Å²) >= 11 is 6.16. The van der Waals surface area contributed by atoms with E-state index in [1.54, 1.807) is 38.7 Å². The van der Waals surface area contributed by atoms with Gasteiger partial charge in [0.15, 0.2) is 0 Å². The third kappa shape index (κ3) is 4.94. The smallest absolute Gasteiger partial charge is 0.227 e. The number of hydrogen-bond acceptors (Lipinski definition) is 6. The second-order valence-corrected chi connectivity index (χ2v) is 8.00. The molecule has 0 saturated carbocycles. The average molecular weight is 453 g/mol. The van der Waals surface area contributed by atoms with Crippen molar-refractivity contribution in [3.8, 4) is 22.8 Å². The summed E-state index contributed by atoms with van der Waals surface area (Å²) in [6.07, 6.45) is 3.08. The molecule has 2 heterocycles. The van der Waals surface area contributed by atoms with E-state index in [1.807, 2.05) is 30.3 Å². The Labute approximate surface area is 192 Å². The van der Waals surface area contributed by atoms with Crippen LogP contribution in [0.1, 0.15) is 12.8 Å². The lowest BCUT2D eigenvalue weighted by Gasteiger charge is -2.32. The van der Waals surface area contributed by atoms with E-state index in [2.05, 4.69) is 20.2 Å². The Morgan fingerprint density at radius 3 is 2.44 bits per heavy atom. The maximum Gasteiger partial charge on any atom is 0.227 e. The number of hydrogen-bond donors (Lipinski definition) is 1. The molecule has 0 aliphatic carbocycles. The molecular formula is C24H25ClN4O3. The molecule has 0 unspecified atom stereocenters. The van der Waals surface area contributed by atoms with Gasteiger partial charge in [-0.25, -0.2) is 9.97 Å². The number of halogens is 1. The fraction of sp³-hybridized carbons (Fsp3) is 0.292. The van der Waals surface area contributed by atoms with Crippen LogP contribution in [0.2, 0.25) is 5.02 Å². The normalized spacial score (nSPS) is 14.2. The number of aromatic nitrogens is 2. The van der Waals surface area contributed by atoms with E-state index in [0.29, 0.717) is 16.5 Å². The van der Waals surface area contributed by atoms with Gasteiger partial charge < -0.3 is 19.7 Å². The number of nitrogens with one attached hydrogen (secondary N) is 1. The van der Waals surface area contributed by atoms with Crippen LogP contribution in [0.3, 0.4) is 0 Å². The third-order valence-corrected chi connectivity index (χ3v) is 5.94. The van der Waals surface area contributed by atoms with Crippen molar-refractivity contribution >= 4 is 29.0 Å². The first-order valence-corrected chi connectivity index (χ1v) is 10.8. The summed E-state index contributed by atoms with van der Waals surface area (Å²) in [6, 6.07) is 15.0. The molecule has 8 heteroatoms. The molecule has 1 N–H and O–H groups in total. The zero-order valence-electron chi connectivity index (χ0n) is 18.0. The lowest BCUT2D eigenvalue weighted by Crippen LogP contribution is -2.38. The first kappa shape index (κ1) is 21.9. The molecule has 1 aliphatic rings. The van der Waals surface area contributed by atoms with Crippen molar-refractivity contribution < 1.29 is 14.3 Å². The lowest BCUT2D eigenvalue weighted by molar-refractivity contribution is -0.120. The SMILES string of the molecule is COc1ccc(-c2cc(N3CCC(C(=O)Nc4ccc(OC)c(Cl)c4)CC3)ncn2)cc1. The minimum Gasteiger partial charge on any atom is -0.497 e. The van der Waals surface area contributed by atoms with Crippen LogP contribution in [-0.2, 0) is 4.79 Å². The van der Waals surface area contributed by atoms with Gasteiger partial charge in [-0.15, -0.1) is 0 Å². The van der Waals surface area contributed by atoms with Crippen LogP contribution < -0.4 is 19.7 Å². The topological polar surface area (TPSA) is 76.6 Å². The molecule has 0 radical (unpaired) electrons. The monoisotopic (exact) mass is 452 g/mol. The molecule has 0 bridgehead atoms. The van der Waals surface area contributed by atoms with E-state index in [1.165, 1.54) is 0 Å². The molecule has 1 fully saturated rings. The van der Waals surface area contributed by atoms with E-state index in [4.69, 9.17) is 21.1 Å². The Bertz CT molecular complexity index is 1080. The maximum absolute atomic E-state index is 12.7. The van der Waals surface area contributed by atoms with Gasteiger partial charge in [-0.3, -0.25) is 4.79 Å². The summed E-state index contributed by atoms with van der Waals surface area (Å²) in [6.45, 7) is 1.50. The number of methoxy groups -OCH3 is 2. The van der Waals surface area contributed by atoms with E-state index in [0.717, 1.165) is 48.8 Å². The van der Waals surface area contributed by atoms with Crippen LogP contribution in [0.4, 0.5) is 11.5 Å². The molecule has 3 aromatic rings. The van der Waals surface area contributed by atoms with Gasteiger partial charge in [0.2, 0.25) is 5.91 Å². The molecule has 1 amide bonds. The van der Waals surface area contributed by atoms with Crippen molar-refractivity contribution in [2.75, 3.05) is 37.5 Å². The zero-order valence-corrected chi connectivity index (χ0v) is 18.8. The minimum absolute atomic E-state index is 0.00694. The number of piperidine rings is 1. The standard InChI is InChI=1S/C24H25ClN4O3/c1-31-19-6-3-16(4-7-19)21-14-23(27-15-26-21)29-11-9-17(10-12-29)24(30)28-18-5-8-22(32-2)20(25)13-18/h3-8,13-15,17H,9-12H2,1-2H3,(H,28,30). The van der Waals surface area contributed by atoms with Crippen LogP contribution >= 0.6 is 11.6 Å². The maximum atomic E-state index is 12.7. The average Bonchev–Trinajstić information content (AvgIpc) is 2.84. The Balaban J connectivity index is 1.37. The van der Waals surface area contributed by atoms with Crippen LogP contribution in [0.25, 0.3) is 11.3 Å². The highest BCUT2D eigenvalue weighted by Gasteiger charge is 2.26. The Kier molecular flexibility index (Phi) is 6.75. The summed E-state index contributed by atoms with van der Waals surface area (Å²) in [5.41, 5.74) is 2.53. The van der Waals surface area contributed by atoms with Crippen molar-refractivity contribution in [3.05, 3.63) is 59.9 Å². The molecule has 1 aliphatic heterocycles. The van der Waals surface area contributed by atoms with Gasteiger partial charge in [-0.05, 0) is 55.3 Å². The number of ether oxygens (including phenoxy) is 2. The Morgan fingerprint density at radius 2 is 1.78 bits per heavy atom. The van der Waals surface area contributed by atoms with Crippen molar-refractivity contribution in [2.24, 2.45) is 5.92 Å². The number of carbonyl (C=O) groups excluding carboxylic acids is 1. The van der Waals surface area contributed by atoms with E-state index in [-0.39, 0.29) is 11.8 Å². The summed E-state index contributed by atoms with van der Waals surface area (Å²) in [7, 11) is 3.21. The highest BCUT2D eigenvalue weighted by Crippen LogP contribution is 2.29. The summed E-state index contributed by atoms with van der Waals surface area (Å²) in [4.78, 5) is 23.8. The third-order valence-electron chi connectivity index (χ3n) is 5.65. The molecule has 1 aromatic heterocycles. The molecule has 32 heavy (non-hydrogen) atoms. The van der Waals surface area contributed by atoms with Gasteiger partial charge in [0.25, 0.3) is 0 Å². The highest BCUT2D eigenvalue weighted by molar-refractivity contribution is 6.32. The molecule has 7 nitrogen and oxygen atoms in total. The number of carbonyl (C=O) groups is 1. The fourth-order valence-electron chi connectivity index (χ4n) is 3.80. The summed E-state index contributed by atoms with van der Waals surface area (Å²) in [5.74, 6) is 2.20. The number of anilines is 2. The van der Waals surface area contributed by atoms with Crippen molar-refractivity contribution in [2.45, 2.75) is 12.8 Å². The number of amides is 1. The van der Waals surface area contributed by atoms with Crippen molar-refractivity contribution in [1.29, 1.82) is 0 Å². The largest absolute Gasteiger partial charge is 0.497 e. The molecule has 2 aromatic carbocycles. The van der Waals surface area contributed by atoms with Gasteiger partial charge in [0.1, 0.15) is 23.6 Å². The zero-order chi connectivity index (χ0) is 22.5. The van der Waals surface area contributed by atoms with E-state index < -0.39 is 0 Å². The van der Waals surface area contributed by atoms with Gasteiger partial charge >= 0.3 is 0 Å². The first-order valence-electron chi connectivity index (χ1n) is 10.4. The van der Waals surface area contributed by atoms with Gasteiger partial charge in [-0.2, -0.15) is 0 Å². The lowest BCUT2D eigenvalue weighted by atomic mass is 9.95. The predicted octanol–water partition coefficient (Wildman–Crippen LogP) is 4.67. The second kappa shape index (κ2) is 9.87. The predicted molar refractivity (Wildman–Crippen MR) is 126 cm³/mol. The van der Waals surface area contributed by atoms with Crippen molar-refractivity contribution in [1.82, 2.24) is 9.97 Å². The quantitative estimate of drug-likeness (QED) is 0.585. The van der Waals surface area contributed by atoms with Crippen LogP contribution in [-0.4, -0.2) is 43.2 Å². The molecule has 0 atom stereocenters. The van der Waals surface area contributed by atoms with Crippen LogP contribution in [0.5, 0.6) is 11.5 Å². The van der Waals surface area contributed by atoms with Gasteiger partial charge in [-0.1, -0.05) is 11.6 Å². The molecule has 166 valence electrons. The number of nitrogens with zero attached hydrogens (tertiary/aromatic N) is 3. The highest BCUT2D eigenvalue weighted by atomic mass is 35.5. The van der Waals surface area contributed by atoms with Crippen LogP contribution in [0, 0.1) is 5.92 Å². The number of rotatable bonds is 6.